The Morgan fingerprint density at radius 2 is 2.00 bits per heavy atom. The number of rotatable bonds is 8. The van der Waals surface area contributed by atoms with E-state index in [1.54, 1.807) is 13.8 Å². The second-order valence-corrected chi connectivity index (χ2v) is 4.83. The molecule has 8 heteroatoms. The van der Waals surface area contributed by atoms with Crippen molar-refractivity contribution >= 4 is 17.8 Å². The lowest BCUT2D eigenvalue weighted by Crippen LogP contribution is -2.42. The first-order valence-corrected chi connectivity index (χ1v) is 6.54. The molecule has 0 saturated heterocycles. The van der Waals surface area contributed by atoms with Gasteiger partial charge in [0.05, 0.1) is 5.69 Å². The second-order valence-electron chi connectivity index (χ2n) is 4.83. The third-order valence-electron chi connectivity index (χ3n) is 2.91. The molecular weight excluding hydrogens is 278 g/mol. The standard InChI is InChI=1S/C13H19N3O5/c1-8-6-9(2)16(15-8)7-11(17)14-10(13(20)21)4-3-5-12(18)19/h6,10H,3-5,7H2,1-2H3,(H,14,17)(H,18,19)(H,20,21)/t10-/m1/s1. The van der Waals surface area contributed by atoms with Crippen LogP contribution in [0.5, 0.6) is 0 Å². The molecule has 0 aromatic carbocycles. The molecule has 0 aliphatic rings. The minimum absolute atomic E-state index is 0.0671. The first-order chi connectivity index (χ1) is 9.79. The van der Waals surface area contributed by atoms with Crippen LogP contribution in [0.25, 0.3) is 0 Å². The van der Waals surface area contributed by atoms with E-state index in [0.717, 1.165) is 11.4 Å². The largest absolute Gasteiger partial charge is 0.481 e. The Kier molecular flexibility index (Phi) is 5.89. The number of nitrogens with one attached hydrogen (secondary N) is 1. The number of hydrogen-bond acceptors (Lipinski definition) is 4. The average molecular weight is 297 g/mol. The van der Waals surface area contributed by atoms with Crippen LogP contribution in [0.2, 0.25) is 0 Å². The van der Waals surface area contributed by atoms with Gasteiger partial charge in [0.2, 0.25) is 5.91 Å². The molecule has 1 rings (SSSR count). The normalized spacial score (nSPS) is 11.9. The third kappa shape index (κ3) is 5.64. The zero-order valence-electron chi connectivity index (χ0n) is 12.0. The first kappa shape index (κ1) is 16.7. The van der Waals surface area contributed by atoms with E-state index in [0.29, 0.717) is 0 Å². The third-order valence-corrected chi connectivity index (χ3v) is 2.91. The molecule has 21 heavy (non-hydrogen) atoms. The number of hydrogen-bond donors (Lipinski definition) is 3. The molecule has 1 aromatic heterocycles. The lowest BCUT2D eigenvalue weighted by Gasteiger charge is -2.14. The molecule has 1 amide bonds. The molecule has 116 valence electrons. The maximum Gasteiger partial charge on any atom is 0.326 e. The summed E-state index contributed by atoms with van der Waals surface area (Å²) in [6, 6.07) is 0.725. The van der Waals surface area contributed by atoms with Gasteiger partial charge in [-0.3, -0.25) is 14.3 Å². The molecule has 0 unspecified atom stereocenters. The zero-order chi connectivity index (χ0) is 16.0. The van der Waals surface area contributed by atoms with Crippen LogP contribution < -0.4 is 5.32 Å². The van der Waals surface area contributed by atoms with E-state index in [4.69, 9.17) is 10.2 Å². The summed E-state index contributed by atoms with van der Waals surface area (Å²) in [6.07, 6.45) is 0.133. The maximum atomic E-state index is 11.8. The number of aromatic nitrogens is 2. The monoisotopic (exact) mass is 297 g/mol. The fraction of sp³-hybridized carbons (Fsp3) is 0.538. The van der Waals surface area contributed by atoms with Crippen molar-refractivity contribution in [2.75, 3.05) is 0 Å². The summed E-state index contributed by atoms with van der Waals surface area (Å²) < 4.78 is 1.49. The van der Waals surface area contributed by atoms with E-state index >= 15 is 0 Å². The van der Waals surface area contributed by atoms with Gasteiger partial charge in [0, 0.05) is 12.1 Å². The van der Waals surface area contributed by atoms with E-state index in [1.807, 2.05) is 6.07 Å². The average Bonchev–Trinajstić information content (AvgIpc) is 2.65. The van der Waals surface area contributed by atoms with Gasteiger partial charge < -0.3 is 15.5 Å². The quantitative estimate of drug-likeness (QED) is 0.635. The number of carboxylic acids is 2. The van der Waals surface area contributed by atoms with Crippen LogP contribution in [0, 0.1) is 13.8 Å². The number of aryl methyl sites for hydroxylation is 2. The van der Waals surface area contributed by atoms with Crippen LogP contribution in [0.3, 0.4) is 0 Å². The predicted octanol–water partition coefficient (Wildman–Crippen LogP) is 0.324. The van der Waals surface area contributed by atoms with E-state index in [1.165, 1.54) is 4.68 Å². The highest BCUT2D eigenvalue weighted by molar-refractivity contribution is 5.83. The van der Waals surface area contributed by atoms with E-state index in [-0.39, 0.29) is 25.8 Å². The first-order valence-electron chi connectivity index (χ1n) is 6.54. The Hall–Kier alpha value is -2.38. The molecule has 0 fully saturated rings. The van der Waals surface area contributed by atoms with Crippen molar-refractivity contribution in [3.63, 3.8) is 0 Å². The van der Waals surface area contributed by atoms with Crippen molar-refractivity contribution < 1.29 is 24.6 Å². The fourth-order valence-electron chi connectivity index (χ4n) is 1.93. The van der Waals surface area contributed by atoms with Crippen molar-refractivity contribution in [3.05, 3.63) is 17.5 Å². The minimum Gasteiger partial charge on any atom is -0.481 e. The molecule has 0 radical (unpaired) electrons. The Morgan fingerprint density at radius 1 is 1.33 bits per heavy atom. The molecule has 1 heterocycles. The summed E-state index contributed by atoms with van der Waals surface area (Å²) in [4.78, 5) is 33.3. The predicted molar refractivity (Wildman–Crippen MR) is 72.8 cm³/mol. The highest BCUT2D eigenvalue weighted by Crippen LogP contribution is 2.04. The lowest BCUT2D eigenvalue weighted by molar-refractivity contribution is -0.142. The van der Waals surface area contributed by atoms with Gasteiger partial charge in [0.1, 0.15) is 12.6 Å². The summed E-state index contributed by atoms with van der Waals surface area (Å²) >= 11 is 0. The number of aliphatic carboxylic acids is 2. The Bertz CT molecular complexity index is 538. The molecule has 0 spiro atoms. The van der Waals surface area contributed by atoms with Crippen molar-refractivity contribution in [2.45, 2.75) is 45.7 Å². The summed E-state index contributed by atoms with van der Waals surface area (Å²) in [5, 5.41) is 24.1. The fourth-order valence-corrected chi connectivity index (χ4v) is 1.93. The lowest BCUT2D eigenvalue weighted by atomic mass is 10.1. The van der Waals surface area contributed by atoms with Crippen molar-refractivity contribution in [2.24, 2.45) is 0 Å². The van der Waals surface area contributed by atoms with Crippen LogP contribution in [-0.2, 0) is 20.9 Å². The van der Waals surface area contributed by atoms with E-state index in [2.05, 4.69) is 10.4 Å². The summed E-state index contributed by atoms with van der Waals surface area (Å²) in [7, 11) is 0. The van der Waals surface area contributed by atoms with Gasteiger partial charge in [-0.05, 0) is 32.8 Å². The van der Waals surface area contributed by atoms with Crippen LogP contribution >= 0.6 is 0 Å². The van der Waals surface area contributed by atoms with Gasteiger partial charge in [-0.1, -0.05) is 0 Å². The number of carbonyl (C=O) groups is 3. The van der Waals surface area contributed by atoms with Crippen LogP contribution in [0.1, 0.15) is 30.7 Å². The minimum atomic E-state index is -1.18. The van der Waals surface area contributed by atoms with Gasteiger partial charge in [-0.25, -0.2) is 4.79 Å². The molecular formula is C13H19N3O5. The number of amides is 1. The van der Waals surface area contributed by atoms with Gasteiger partial charge in [-0.15, -0.1) is 0 Å². The summed E-state index contributed by atoms with van der Waals surface area (Å²) in [5.41, 5.74) is 1.58. The van der Waals surface area contributed by atoms with Crippen molar-refractivity contribution in [1.29, 1.82) is 0 Å². The van der Waals surface area contributed by atoms with Crippen LogP contribution in [0.15, 0.2) is 6.07 Å². The molecule has 0 saturated carbocycles. The molecule has 0 bridgehead atoms. The SMILES string of the molecule is Cc1cc(C)n(CC(=O)N[C@H](CCCC(=O)O)C(=O)O)n1. The van der Waals surface area contributed by atoms with E-state index < -0.39 is 23.9 Å². The van der Waals surface area contributed by atoms with Gasteiger partial charge in [-0.2, -0.15) is 5.10 Å². The zero-order valence-corrected chi connectivity index (χ0v) is 12.0. The Labute approximate surface area is 121 Å². The van der Waals surface area contributed by atoms with Gasteiger partial charge in [0.15, 0.2) is 0 Å². The number of carboxylic acid groups (broad SMARTS) is 2. The maximum absolute atomic E-state index is 11.8. The van der Waals surface area contributed by atoms with Crippen LogP contribution in [-0.4, -0.2) is 43.9 Å². The molecule has 1 aromatic rings. The van der Waals surface area contributed by atoms with Crippen LogP contribution in [0.4, 0.5) is 0 Å². The number of nitrogens with zero attached hydrogens (tertiary/aromatic N) is 2. The number of carbonyl (C=O) groups excluding carboxylic acids is 1. The summed E-state index contributed by atoms with van der Waals surface area (Å²) in [5.74, 6) is -2.64. The molecule has 0 aliphatic heterocycles. The second kappa shape index (κ2) is 7.41. The highest BCUT2D eigenvalue weighted by atomic mass is 16.4. The topological polar surface area (TPSA) is 122 Å². The molecule has 0 aliphatic carbocycles. The molecule has 3 N–H and O–H groups in total. The van der Waals surface area contributed by atoms with E-state index in [9.17, 15) is 14.4 Å². The Balaban J connectivity index is 2.54. The van der Waals surface area contributed by atoms with Crippen molar-refractivity contribution in [3.8, 4) is 0 Å². The van der Waals surface area contributed by atoms with Gasteiger partial charge >= 0.3 is 11.9 Å². The smallest absolute Gasteiger partial charge is 0.326 e. The summed E-state index contributed by atoms with van der Waals surface area (Å²) in [6.45, 7) is 3.53. The molecule has 8 nitrogen and oxygen atoms in total. The Morgan fingerprint density at radius 3 is 2.48 bits per heavy atom. The molecule has 1 atom stereocenters. The van der Waals surface area contributed by atoms with Gasteiger partial charge in [0.25, 0.3) is 0 Å². The van der Waals surface area contributed by atoms with Crippen molar-refractivity contribution in [1.82, 2.24) is 15.1 Å². The highest BCUT2D eigenvalue weighted by Gasteiger charge is 2.20.